The summed E-state index contributed by atoms with van der Waals surface area (Å²) in [6.45, 7) is 0.293. The van der Waals surface area contributed by atoms with Gasteiger partial charge in [-0.15, -0.1) is 0 Å². The molecule has 2 rings (SSSR count). The van der Waals surface area contributed by atoms with Crippen molar-refractivity contribution >= 4 is 5.91 Å². The van der Waals surface area contributed by atoms with Gasteiger partial charge in [-0.05, 0) is 29.5 Å². The SMILES string of the molecule is NC[C@H](Cc1ccc(Cc2ccccc2)cc1)C(N)=O. The minimum Gasteiger partial charge on any atom is -0.369 e. The lowest BCUT2D eigenvalue weighted by Crippen LogP contribution is -2.31. The molecule has 0 radical (unpaired) electrons. The molecule has 2 aromatic rings. The minimum absolute atomic E-state index is 0.282. The fourth-order valence-electron chi connectivity index (χ4n) is 2.21. The van der Waals surface area contributed by atoms with Crippen molar-refractivity contribution in [1.82, 2.24) is 0 Å². The van der Waals surface area contributed by atoms with Crippen LogP contribution in [0.1, 0.15) is 16.7 Å². The van der Waals surface area contributed by atoms with Gasteiger partial charge in [0, 0.05) is 6.54 Å². The van der Waals surface area contributed by atoms with Crippen molar-refractivity contribution in [2.45, 2.75) is 12.8 Å². The van der Waals surface area contributed by atoms with Crippen LogP contribution in [0.25, 0.3) is 0 Å². The summed E-state index contributed by atoms with van der Waals surface area (Å²) >= 11 is 0. The molecule has 0 fully saturated rings. The highest BCUT2D eigenvalue weighted by molar-refractivity contribution is 5.77. The smallest absolute Gasteiger partial charge is 0.222 e. The molecule has 0 aliphatic heterocycles. The van der Waals surface area contributed by atoms with Crippen molar-refractivity contribution in [3.8, 4) is 0 Å². The van der Waals surface area contributed by atoms with Crippen LogP contribution in [0.3, 0.4) is 0 Å². The number of hydrogen-bond acceptors (Lipinski definition) is 2. The molecule has 1 amide bonds. The van der Waals surface area contributed by atoms with Gasteiger partial charge in [0.05, 0.1) is 5.92 Å². The molecule has 0 spiro atoms. The van der Waals surface area contributed by atoms with Gasteiger partial charge in [0.2, 0.25) is 5.91 Å². The molecule has 0 aliphatic rings. The zero-order chi connectivity index (χ0) is 14.4. The first-order valence-electron chi connectivity index (χ1n) is 6.80. The predicted octanol–water partition coefficient (Wildman–Crippen LogP) is 1.88. The summed E-state index contributed by atoms with van der Waals surface area (Å²) in [5.74, 6) is -0.615. The van der Waals surface area contributed by atoms with Gasteiger partial charge in [0.15, 0.2) is 0 Å². The van der Waals surface area contributed by atoms with Crippen LogP contribution in [0.4, 0.5) is 0 Å². The van der Waals surface area contributed by atoms with Crippen LogP contribution in [0.15, 0.2) is 54.6 Å². The van der Waals surface area contributed by atoms with Gasteiger partial charge in [-0.2, -0.15) is 0 Å². The molecule has 3 heteroatoms. The first kappa shape index (κ1) is 14.3. The molecular weight excluding hydrogens is 248 g/mol. The van der Waals surface area contributed by atoms with E-state index < -0.39 is 0 Å². The Labute approximate surface area is 119 Å². The maximum absolute atomic E-state index is 11.2. The highest BCUT2D eigenvalue weighted by Crippen LogP contribution is 2.13. The van der Waals surface area contributed by atoms with Crippen molar-refractivity contribution < 1.29 is 4.79 Å². The van der Waals surface area contributed by atoms with E-state index in [9.17, 15) is 4.79 Å². The maximum Gasteiger partial charge on any atom is 0.222 e. The molecule has 0 aliphatic carbocycles. The van der Waals surface area contributed by atoms with E-state index in [2.05, 4.69) is 24.3 Å². The second-order valence-corrected chi connectivity index (χ2v) is 5.02. The molecule has 3 nitrogen and oxygen atoms in total. The molecule has 1 atom stereocenters. The van der Waals surface area contributed by atoms with Crippen LogP contribution in [-0.2, 0) is 17.6 Å². The number of rotatable bonds is 6. The second kappa shape index (κ2) is 6.87. The van der Waals surface area contributed by atoms with E-state index in [1.54, 1.807) is 0 Å². The first-order valence-corrected chi connectivity index (χ1v) is 6.80. The average molecular weight is 268 g/mol. The highest BCUT2D eigenvalue weighted by Gasteiger charge is 2.13. The summed E-state index contributed by atoms with van der Waals surface area (Å²) in [6.07, 6.45) is 1.52. The number of benzene rings is 2. The van der Waals surface area contributed by atoms with E-state index in [1.165, 1.54) is 11.1 Å². The molecule has 0 unspecified atom stereocenters. The molecule has 4 N–H and O–H groups in total. The van der Waals surface area contributed by atoms with Gasteiger partial charge in [-0.25, -0.2) is 0 Å². The van der Waals surface area contributed by atoms with Gasteiger partial charge in [0.1, 0.15) is 0 Å². The fraction of sp³-hybridized carbons (Fsp3) is 0.235. The predicted molar refractivity (Wildman–Crippen MR) is 81.1 cm³/mol. The maximum atomic E-state index is 11.2. The molecular formula is C17H20N2O. The van der Waals surface area contributed by atoms with E-state index >= 15 is 0 Å². The van der Waals surface area contributed by atoms with E-state index in [0.29, 0.717) is 13.0 Å². The van der Waals surface area contributed by atoms with Crippen LogP contribution in [0.5, 0.6) is 0 Å². The molecule has 0 saturated carbocycles. The number of amides is 1. The van der Waals surface area contributed by atoms with E-state index in [-0.39, 0.29) is 11.8 Å². The van der Waals surface area contributed by atoms with Crippen LogP contribution >= 0.6 is 0 Å². The largest absolute Gasteiger partial charge is 0.369 e. The lowest BCUT2D eigenvalue weighted by Gasteiger charge is -2.11. The Morgan fingerprint density at radius 1 is 0.900 bits per heavy atom. The lowest BCUT2D eigenvalue weighted by molar-refractivity contribution is -0.121. The summed E-state index contributed by atoms with van der Waals surface area (Å²) in [6, 6.07) is 18.6. The highest BCUT2D eigenvalue weighted by atomic mass is 16.1. The Bertz CT molecular complexity index is 549. The number of carbonyl (C=O) groups is 1. The zero-order valence-corrected chi connectivity index (χ0v) is 11.5. The summed E-state index contributed by atoms with van der Waals surface area (Å²) in [5, 5.41) is 0. The molecule has 0 aromatic heterocycles. The van der Waals surface area contributed by atoms with Gasteiger partial charge >= 0.3 is 0 Å². The molecule has 104 valence electrons. The molecule has 20 heavy (non-hydrogen) atoms. The van der Waals surface area contributed by atoms with Gasteiger partial charge < -0.3 is 11.5 Å². The van der Waals surface area contributed by atoms with Crippen molar-refractivity contribution in [1.29, 1.82) is 0 Å². The Balaban J connectivity index is 2.01. The average Bonchev–Trinajstić information content (AvgIpc) is 2.47. The third kappa shape index (κ3) is 3.93. The number of primary amides is 1. The van der Waals surface area contributed by atoms with E-state index in [0.717, 1.165) is 12.0 Å². The lowest BCUT2D eigenvalue weighted by atomic mass is 9.97. The minimum atomic E-state index is -0.333. The standard InChI is InChI=1S/C17H20N2O/c18-12-16(17(19)20)11-15-8-6-14(7-9-15)10-13-4-2-1-3-5-13/h1-9,16H,10-12,18H2,(H2,19,20)/t16-/m0/s1. The topological polar surface area (TPSA) is 69.1 Å². The summed E-state index contributed by atoms with van der Waals surface area (Å²) in [5.41, 5.74) is 14.5. The first-order chi connectivity index (χ1) is 9.69. The van der Waals surface area contributed by atoms with Crippen molar-refractivity contribution in [3.63, 3.8) is 0 Å². The Hall–Kier alpha value is -2.13. The monoisotopic (exact) mass is 268 g/mol. The van der Waals surface area contributed by atoms with Crippen LogP contribution in [0.2, 0.25) is 0 Å². The molecule has 0 heterocycles. The third-order valence-corrected chi connectivity index (χ3v) is 3.44. The van der Waals surface area contributed by atoms with Crippen molar-refractivity contribution in [2.75, 3.05) is 6.54 Å². The number of carbonyl (C=O) groups excluding carboxylic acids is 1. The summed E-state index contributed by atoms with van der Waals surface area (Å²) in [7, 11) is 0. The Kier molecular flexibility index (Phi) is 4.91. The number of hydrogen-bond donors (Lipinski definition) is 2. The third-order valence-electron chi connectivity index (χ3n) is 3.44. The normalized spacial score (nSPS) is 12.1. The van der Waals surface area contributed by atoms with Crippen molar-refractivity contribution in [2.24, 2.45) is 17.4 Å². The van der Waals surface area contributed by atoms with Gasteiger partial charge in [-0.1, -0.05) is 54.6 Å². The Morgan fingerprint density at radius 3 is 2.00 bits per heavy atom. The van der Waals surface area contributed by atoms with Crippen LogP contribution in [0, 0.1) is 5.92 Å². The molecule has 0 bridgehead atoms. The fourth-order valence-corrected chi connectivity index (χ4v) is 2.21. The van der Waals surface area contributed by atoms with Gasteiger partial charge in [0.25, 0.3) is 0 Å². The zero-order valence-electron chi connectivity index (χ0n) is 11.5. The van der Waals surface area contributed by atoms with E-state index in [4.69, 9.17) is 11.5 Å². The quantitative estimate of drug-likeness (QED) is 0.840. The van der Waals surface area contributed by atoms with Gasteiger partial charge in [-0.3, -0.25) is 4.79 Å². The van der Waals surface area contributed by atoms with E-state index in [1.807, 2.05) is 30.3 Å². The Morgan fingerprint density at radius 2 is 1.45 bits per heavy atom. The second-order valence-electron chi connectivity index (χ2n) is 5.02. The summed E-state index contributed by atoms with van der Waals surface area (Å²) < 4.78 is 0. The van der Waals surface area contributed by atoms with Crippen LogP contribution in [-0.4, -0.2) is 12.5 Å². The van der Waals surface area contributed by atoms with Crippen LogP contribution < -0.4 is 11.5 Å². The van der Waals surface area contributed by atoms with Crippen molar-refractivity contribution in [3.05, 3.63) is 71.3 Å². The molecule has 0 saturated heterocycles. The number of nitrogens with two attached hydrogens (primary N) is 2. The molecule has 2 aromatic carbocycles. The summed E-state index contributed by atoms with van der Waals surface area (Å²) in [4.78, 5) is 11.2.